The van der Waals surface area contributed by atoms with Crippen LogP contribution < -0.4 is 10.1 Å². The van der Waals surface area contributed by atoms with Gasteiger partial charge in [-0.25, -0.2) is 4.79 Å². The Balaban J connectivity index is 2.25. The Hall–Kier alpha value is -2.08. The number of anilines is 1. The summed E-state index contributed by atoms with van der Waals surface area (Å²) in [5, 5.41) is 2.92. The minimum absolute atomic E-state index is 0.161. The van der Waals surface area contributed by atoms with Crippen LogP contribution in [0, 0.1) is 5.92 Å². The molecule has 1 aromatic rings. The smallest absolute Gasteiger partial charge is 0.341 e. The third kappa shape index (κ3) is 4.55. The number of carbonyl (C=O) groups is 2. The van der Waals surface area contributed by atoms with E-state index in [-0.39, 0.29) is 11.5 Å². The fourth-order valence-electron chi connectivity index (χ4n) is 3.59. The van der Waals surface area contributed by atoms with Gasteiger partial charge in [0, 0.05) is 12.3 Å². The van der Waals surface area contributed by atoms with Crippen molar-refractivity contribution in [3.05, 3.63) is 23.8 Å². The predicted octanol–water partition coefficient (Wildman–Crippen LogP) is 3.80. The topological polar surface area (TPSA) is 73.9 Å². The molecular weight excluding hydrogens is 334 g/mol. The van der Waals surface area contributed by atoms with Gasteiger partial charge in [0.15, 0.2) is 0 Å². The summed E-state index contributed by atoms with van der Waals surface area (Å²) in [6, 6.07) is 4.98. The molecule has 1 fully saturated rings. The van der Waals surface area contributed by atoms with E-state index in [1.54, 1.807) is 18.2 Å². The highest BCUT2D eigenvalue weighted by Crippen LogP contribution is 2.36. The van der Waals surface area contributed by atoms with Crippen LogP contribution in [0.15, 0.2) is 18.2 Å². The molecule has 0 saturated heterocycles. The lowest BCUT2D eigenvalue weighted by molar-refractivity contribution is -0.147. The molecule has 2 atom stereocenters. The second kappa shape index (κ2) is 9.03. The molecule has 0 aromatic heterocycles. The number of methoxy groups -OCH3 is 1. The molecule has 6 nitrogen and oxygen atoms in total. The van der Waals surface area contributed by atoms with Gasteiger partial charge in [-0.05, 0) is 57.2 Å². The zero-order valence-electron chi connectivity index (χ0n) is 16.1. The number of benzene rings is 1. The second-order valence-electron chi connectivity index (χ2n) is 6.72. The summed E-state index contributed by atoms with van der Waals surface area (Å²) in [4.78, 5) is 25.0. The first-order chi connectivity index (χ1) is 12.5. The van der Waals surface area contributed by atoms with Crippen LogP contribution in [0.5, 0.6) is 5.75 Å². The van der Waals surface area contributed by atoms with E-state index in [0.717, 1.165) is 12.8 Å². The van der Waals surface area contributed by atoms with Crippen molar-refractivity contribution in [3.8, 4) is 5.75 Å². The number of nitrogens with one attached hydrogen (secondary N) is 1. The van der Waals surface area contributed by atoms with E-state index < -0.39 is 11.6 Å². The number of esters is 1. The zero-order valence-corrected chi connectivity index (χ0v) is 16.1. The fourth-order valence-corrected chi connectivity index (χ4v) is 3.59. The molecule has 1 aliphatic carbocycles. The standard InChI is InChI=1S/C20H29NO5/c1-5-25-17-10-9-15(12-16(17)18(22)24-4)21-19(23)20(26-6-2)11-7-8-14(3)13-20/h9-10,12,14H,5-8,11,13H2,1-4H3,(H,21,23)/t14-,20-/m0/s1. The molecule has 144 valence electrons. The molecule has 1 amide bonds. The Morgan fingerprint density at radius 2 is 2.04 bits per heavy atom. The normalized spacial score (nSPS) is 22.5. The number of rotatable bonds is 7. The second-order valence-corrected chi connectivity index (χ2v) is 6.72. The Bertz CT molecular complexity index is 641. The van der Waals surface area contributed by atoms with E-state index in [1.165, 1.54) is 7.11 Å². The number of carbonyl (C=O) groups excluding carboxylic acids is 2. The summed E-state index contributed by atoms with van der Waals surface area (Å²) in [5.41, 5.74) is 0.00182. The molecule has 0 bridgehead atoms. The molecule has 2 rings (SSSR count). The Labute approximate surface area is 155 Å². The lowest BCUT2D eigenvalue weighted by Crippen LogP contribution is -2.48. The number of hydrogen-bond acceptors (Lipinski definition) is 5. The van der Waals surface area contributed by atoms with Crippen LogP contribution in [-0.4, -0.2) is 37.8 Å². The first-order valence-corrected chi connectivity index (χ1v) is 9.26. The van der Waals surface area contributed by atoms with E-state index in [4.69, 9.17) is 14.2 Å². The first-order valence-electron chi connectivity index (χ1n) is 9.26. The molecule has 0 unspecified atom stereocenters. The first kappa shape index (κ1) is 20.2. The summed E-state index contributed by atoms with van der Waals surface area (Å²) in [7, 11) is 1.32. The van der Waals surface area contributed by atoms with Gasteiger partial charge >= 0.3 is 5.97 Å². The van der Waals surface area contributed by atoms with E-state index in [0.29, 0.717) is 43.4 Å². The van der Waals surface area contributed by atoms with Crippen LogP contribution in [-0.2, 0) is 14.3 Å². The van der Waals surface area contributed by atoms with E-state index in [1.807, 2.05) is 13.8 Å². The summed E-state index contributed by atoms with van der Waals surface area (Å²) in [6.45, 7) is 6.80. The van der Waals surface area contributed by atoms with Gasteiger partial charge in [-0.2, -0.15) is 0 Å². The minimum Gasteiger partial charge on any atom is -0.493 e. The van der Waals surface area contributed by atoms with Gasteiger partial charge in [-0.15, -0.1) is 0 Å². The minimum atomic E-state index is -0.809. The molecule has 26 heavy (non-hydrogen) atoms. The largest absolute Gasteiger partial charge is 0.493 e. The number of amides is 1. The van der Waals surface area contributed by atoms with Crippen molar-refractivity contribution in [2.24, 2.45) is 5.92 Å². The monoisotopic (exact) mass is 363 g/mol. The molecule has 0 spiro atoms. The van der Waals surface area contributed by atoms with Crippen molar-refractivity contribution in [1.82, 2.24) is 0 Å². The van der Waals surface area contributed by atoms with E-state index in [2.05, 4.69) is 12.2 Å². The molecule has 0 aliphatic heterocycles. The lowest BCUT2D eigenvalue weighted by atomic mass is 9.78. The van der Waals surface area contributed by atoms with Crippen molar-refractivity contribution in [1.29, 1.82) is 0 Å². The maximum Gasteiger partial charge on any atom is 0.341 e. The van der Waals surface area contributed by atoms with Gasteiger partial charge < -0.3 is 19.5 Å². The van der Waals surface area contributed by atoms with E-state index in [9.17, 15) is 9.59 Å². The molecular formula is C20H29NO5. The molecule has 0 radical (unpaired) electrons. The highest BCUT2D eigenvalue weighted by atomic mass is 16.5. The summed E-state index contributed by atoms with van der Waals surface area (Å²) in [5.74, 6) is 0.205. The zero-order chi connectivity index (χ0) is 19.2. The third-order valence-corrected chi connectivity index (χ3v) is 4.73. The maximum atomic E-state index is 13.0. The van der Waals surface area contributed by atoms with Crippen LogP contribution in [0.4, 0.5) is 5.69 Å². The van der Waals surface area contributed by atoms with Crippen LogP contribution in [0.2, 0.25) is 0 Å². The van der Waals surface area contributed by atoms with Crippen LogP contribution >= 0.6 is 0 Å². The molecule has 0 heterocycles. The lowest BCUT2D eigenvalue weighted by Gasteiger charge is -2.38. The predicted molar refractivity (Wildman–Crippen MR) is 99.6 cm³/mol. The Morgan fingerprint density at radius 3 is 2.65 bits per heavy atom. The van der Waals surface area contributed by atoms with Crippen LogP contribution in [0.25, 0.3) is 0 Å². The highest BCUT2D eigenvalue weighted by Gasteiger charge is 2.42. The fraction of sp³-hybridized carbons (Fsp3) is 0.600. The van der Waals surface area contributed by atoms with Gasteiger partial charge in [0.2, 0.25) is 0 Å². The van der Waals surface area contributed by atoms with Crippen molar-refractivity contribution < 1.29 is 23.8 Å². The summed E-state index contributed by atoms with van der Waals surface area (Å²) < 4.78 is 16.2. The molecule has 1 saturated carbocycles. The van der Waals surface area contributed by atoms with Gasteiger partial charge in [-0.3, -0.25) is 4.79 Å². The average Bonchev–Trinajstić information content (AvgIpc) is 2.62. The summed E-state index contributed by atoms with van der Waals surface area (Å²) >= 11 is 0. The van der Waals surface area contributed by atoms with Gasteiger partial charge in [-0.1, -0.05) is 13.3 Å². The van der Waals surface area contributed by atoms with Crippen molar-refractivity contribution in [2.45, 2.75) is 52.1 Å². The van der Waals surface area contributed by atoms with Crippen molar-refractivity contribution >= 4 is 17.6 Å². The quantitative estimate of drug-likeness (QED) is 0.746. The van der Waals surface area contributed by atoms with Gasteiger partial charge in [0.1, 0.15) is 16.9 Å². The maximum absolute atomic E-state index is 13.0. The molecule has 6 heteroatoms. The number of ether oxygens (including phenoxy) is 3. The third-order valence-electron chi connectivity index (χ3n) is 4.73. The van der Waals surface area contributed by atoms with Crippen molar-refractivity contribution in [2.75, 3.05) is 25.6 Å². The van der Waals surface area contributed by atoms with Crippen LogP contribution in [0.1, 0.15) is 56.8 Å². The Kier molecular flexibility index (Phi) is 7.03. The molecule has 1 N–H and O–H groups in total. The average molecular weight is 363 g/mol. The Morgan fingerprint density at radius 1 is 1.27 bits per heavy atom. The van der Waals surface area contributed by atoms with Gasteiger partial charge in [0.05, 0.1) is 13.7 Å². The van der Waals surface area contributed by atoms with Crippen LogP contribution in [0.3, 0.4) is 0 Å². The molecule has 1 aliphatic rings. The van der Waals surface area contributed by atoms with Crippen molar-refractivity contribution in [3.63, 3.8) is 0 Å². The highest BCUT2D eigenvalue weighted by molar-refractivity contribution is 5.99. The SMILES string of the molecule is CCOc1ccc(NC(=O)[C@]2(OCC)CCC[C@H](C)C2)cc1C(=O)OC. The number of hydrogen-bond donors (Lipinski definition) is 1. The molecule has 1 aromatic carbocycles. The van der Waals surface area contributed by atoms with Gasteiger partial charge in [0.25, 0.3) is 5.91 Å². The van der Waals surface area contributed by atoms with E-state index >= 15 is 0 Å². The summed E-state index contributed by atoms with van der Waals surface area (Å²) in [6.07, 6.45) is 3.48.